The van der Waals surface area contributed by atoms with E-state index in [1.165, 1.54) is 27.3 Å². The summed E-state index contributed by atoms with van der Waals surface area (Å²) in [5, 5.41) is 6.97. The van der Waals surface area contributed by atoms with Gasteiger partial charge in [0.05, 0.1) is 11.4 Å². The SMILES string of the molecule is c1ccc(-c2cccc(-c3cc(-c4cc(-c5cc6ccccc6c6ccccc56)nc(-c5ccccc5)n4)cc(-c4cccc5c4oc4ccccc45)c3)c2)cc1. The lowest BCUT2D eigenvalue weighted by Crippen LogP contribution is -1.97. The summed E-state index contributed by atoms with van der Waals surface area (Å²) >= 11 is 0. The number of hydrogen-bond donors (Lipinski definition) is 0. The Morgan fingerprint density at radius 3 is 1.68 bits per heavy atom. The Balaban J connectivity index is 1.18. The highest BCUT2D eigenvalue weighted by Gasteiger charge is 2.18. The smallest absolute Gasteiger partial charge is 0.160 e. The second-order valence-corrected chi connectivity index (χ2v) is 14.5. The van der Waals surface area contributed by atoms with Crippen LogP contribution in [0.15, 0.2) is 211 Å². The molecule has 0 radical (unpaired) electrons. The first-order valence-electron chi connectivity index (χ1n) is 19.3. The molecule has 0 amide bonds. The van der Waals surface area contributed by atoms with Gasteiger partial charge < -0.3 is 4.42 Å². The van der Waals surface area contributed by atoms with Crippen LogP contribution in [0.2, 0.25) is 0 Å². The number of hydrogen-bond acceptors (Lipinski definition) is 3. The molecular weight excluding hydrogens is 693 g/mol. The van der Waals surface area contributed by atoms with E-state index in [9.17, 15) is 0 Å². The molecule has 0 spiro atoms. The van der Waals surface area contributed by atoms with Crippen LogP contribution in [0.1, 0.15) is 0 Å². The van der Waals surface area contributed by atoms with Gasteiger partial charge in [0.25, 0.3) is 0 Å². The van der Waals surface area contributed by atoms with E-state index < -0.39 is 0 Å². The van der Waals surface area contributed by atoms with Crippen LogP contribution < -0.4 is 0 Å². The van der Waals surface area contributed by atoms with Crippen LogP contribution in [-0.2, 0) is 0 Å². The Bertz CT molecular complexity index is 3290. The van der Waals surface area contributed by atoms with Crippen LogP contribution in [-0.4, -0.2) is 9.97 Å². The zero-order valence-corrected chi connectivity index (χ0v) is 30.9. The molecule has 11 aromatic rings. The molecule has 0 unspecified atom stereocenters. The van der Waals surface area contributed by atoms with Gasteiger partial charge in [0.1, 0.15) is 11.2 Å². The summed E-state index contributed by atoms with van der Waals surface area (Å²) in [6.07, 6.45) is 0. The highest BCUT2D eigenvalue weighted by Crippen LogP contribution is 2.41. The van der Waals surface area contributed by atoms with E-state index in [0.29, 0.717) is 5.82 Å². The molecule has 0 fully saturated rings. The van der Waals surface area contributed by atoms with Crippen molar-refractivity contribution < 1.29 is 4.42 Å². The Morgan fingerprint density at radius 1 is 0.298 bits per heavy atom. The van der Waals surface area contributed by atoms with Gasteiger partial charge in [-0.2, -0.15) is 0 Å². The van der Waals surface area contributed by atoms with Gasteiger partial charge in [-0.3, -0.25) is 0 Å². The van der Waals surface area contributed by atoms with E-state index in [1.54, 1.807) is 0 Å². The summed E-state index contributed by atoms with van der Waals surface area (Å²) in [4.78, 5) is 10.6. The Labute approximate surface area is 330 Å². The molecule has 0 atom stereocenters. The van der Waals surface area contributed by atoms with Gasteiger partial charge in [0.15, 0.2) is 5.82 Å². The Kier molecular flexibility index (Phi) is 7.82. The van der Waals surface area contributed by atoms with E-state index in [1.807, 2.05) is 30.3 Å². The van der Waals surface area contributed by atoms with Crippen molar-refractivity contribution in [2.75, 3.05) is 0 Å². The van der Waals surface area contributed by atoms with E-state index in [4.69, 9.17) is 14.4 Å². The van der Waals surface area contributed by atoms with E-state index in [-0.39, 0.29) is 0 Å². The van der Waals surface area contributed by atoms with Gasteiger partial charge in [0, 0.05) is 33.0 Å². The third-order valence-corrected chi connectivity index (χ3v) is 11.0. The third-order valence-electron chi connectivity index (χ3n) is 11.0. The van der Waals surface area contributed by atoms with Crippen LogP contribution >= 0.6 is 0 Å². The molecule has 0 aliphatic carbocycles. The fourth-order valence-electron chi connectivity index (χ4n) is 8.30. The van der Waals surface area contributed by atoms with Gasteiger partial charge >= 0.3 is 0 Å². The molecule has 3 nitrogen and oxygen atoms in total. The zero-order chi connectivity index (χ0) is 37.7. The minimum absolute atomic E-state index is 0.678. The second kappa shape index (κ2) is 13.6. The van der Waals surface area contributed by atoms with Gasteiger partial charge in [-0.05, 0) is 91.8 Å². The van der Waals surface area contributed by atoms with Crippen LogP contribution in [0.4, 0.5) is 0 Å². The summed E-state index contributed by atoms with van der Waals surface area (Å²) in [5.41, 5.74) is 13.1. The average Bonchev–Trinajstić information content (AvgIpc) is 3.68. The predicted octanol–water partition coefficient (Wildman–Crippen LogP) is 14.7. The first-order valence-corrected chi connectivity index (χ1v) is 19.3. The van der Waals surface area contributed by atoms with Crippen molar-refractivity contribution in [2.45, 2.75) is 0 Å². The zero-order valence-electron chi connectivity index (χ0n) is 30.9. The molecule has 2 heterocycles. The largest absolute Gasteiger partial charge is 0.455 e. The molecule has 2 aromatic heterocycles. The maximum Gasteiger partial charge on any atom is 0.160 e. The Morgan fingerprint density at radius 2 is 0.860 bits per heavy atom. The molecule has 11 rings (SSSR count). The quantitative estimate of drug-likeness (QED) is 0.160. The number of rotatable bonds is 6. The van der Waals surface area contributed by atoms with Crippen molar-refractivity contribution in [3.8, 4) is 67.3 Å². The first kappa shape index (κ1) is 32.8. The van der Waals surface area contributed by atoms with Crippen molar-refractivity contribution in [3.05, 3.63) is 206 Å². The predicted molar refractivity (Wildman–Crippen MR) is 237 cm³/mol. The molecule has 0 N–H and O–H groups in total. The number of fused-ring (bicyclic) bond motifs is 6. The molecule has 57 heavy (non-hydrogen) atoms. The molecule has 0 saturated heterocycles. The second-order valence-electron chi connectivity index (χ2n) is 14.5. The minimum Gasteiger partial charge on any atom is -0.455 e. The first-order chi connectivity index (χ1) is 28.2. The highest BCUT2D eigenvalue weighted by molar-refractivity contribution is 6.14. The van der Waals surface area contributed by atoms with E-state index >= 15 is 0 Å². The van der Waals surface area contributed by atoms with Crippen LogP contribution in [0.3, 0.4) is 0 Å². The molecule has 9 aromatic carbocycles. The molecule has 266 valence electrons. The summed E-state index contributed by atoms with van der Waals surface area (Å²) in [6.45, 7) is 0. The van der Waals surface area contributed by atoms with Crippen LogP contribution in [0, 0.1) is 0 Å². The van der Waals surface area contributed by atoms with Crippen LogP contribution in [0.25, 0.3) is 111 Å². The van der Waals surface area contributed by atoms with E-state index in [2.05, 4.69) is 176 Å². The third kappa shape index (κ3) is 5.85. The number of benzene rings is 9. The summed E-state index contributed by atoms with van der Waals surface area (Å²) in [5.74, 6) is 0.678. The number of furan rings is 1. The van der Waals surface area contributed by atoms with Crippen molar-refractivity contribution in [3.63, 3.8) is 0 Å². The monoisotopic (exact) mass is 726 g/mol. The van der Waals surface area contributed by atoms with Crippen molar-refractivity contribution in [1.82, 2.24) is 9.97 Å². The molecule has 0 bridgehead atoms. The Hall–Kier alpha value is -7.62. The van der Waals surface area contributed by atoms with Gasteiger partial charge in [-0.25, -0.2) is 9.97 Å². The maximum absolute atomic E-state index is 6.61. The fourth-order valence-corrected chi connectivity index (χ4v) is 8.30. The van der Waals surface area contributed by atoms with Gasteiger partial charge in [-0.15, -0.1) is 0 Å². The average molecular weight is 727 g/mol. The number of aromatic nitrogens is 2. The van der Waals surface area contributed by atoms with E-state index in [0.717, 1.165) is 77.7 Å². The maximum atomic E-state index is 6.61. The molecule has 0 aliphatic heterocycles. The normalized spacial score (nSPS) is 11.5. The van der Waals surface area contributed by atoms with Crippen molar-refractivity contribution in [1.29, 1.82) is 0 Å². The molecule has 0 aliphatic rings. The minimum atomic E-state index is 0.678. The van der Waals surface area contributed by atoms with Crippen LogP contribution in [0.5, 0.6) is 0 Å². The van der Waals surface area contributed by atoms with Gasteiger partial charge in [0.2, 0.25) is 0 Å². The molecular formula is C54H34N2O. The van der Waals surface area contributed by atoms with Gasteiger partial charge in [-0.1, -0.05) is 164 Å². The lowest BCUT2D eigenvalue weighted by atomic mass is 9.92. The number of nitrogens with zero attached hydrogens (tertiary/aromatic N) is 2. The molecule has 3 heteroatoms. The lowest BCUT2D eigenvalue weighted by molar-refractivity contribution is 0.670. The highest BCUT2D eigenvalue weighted by atomic mass is 16.3. The van der Waals surface area contributed by atoms with Crippen molar-refractivity contribution in [2.24, 2.45) is 0 Å². The lowest BCUT2D eigenvalue weighted by Gasteiger charge is -2.15. The summed E-state index contributed by atoms with van der Waals surface area (Å²) < 4.78 is 6.61. The fraction of sp³-hybridized carbons (Fsp3) is 0. The molecule has 0 saturated carbocycles. The number of para-hydroxylation sites is 2. The van der Waals surface area contributed by atoms with Crippen molar-refractivity contribution >= 4 is 43.5 Å². The summed E-state index contributed by atoms with van der Waals surface area (Å²) in [7, 11) is 0. The topological polar surface area (TPSA) is 38.9 Å². The standard InChI is InChI=1S/C54H34N2O/c1-3-15-35(16-4-1)37-20-13-21-38(29-37)40-30-41(44-26-14-27-48-47-25-11-12-28-52(47)57-53(44)48)32-42(31-40)50-34-51(56-54(55-50)36-17-5-2-6-18-36)49-33-39-19-7-8-22-43(39)45-23-9-10-24-46(45)49/h1-34H. The summed E-state index contributed by atoms with van der Waals surface area (Å²) in [6, 6.07) is 72.8.